The summed E-state index contributed by atoms with van der Waals surface area (Å²) in [6.07, 6.45) is 3.16. The van der Waals surface area contributed by atoms with Crippen molar-refractivity contribution in [3.8, 4) is 0 Å². The molecular weight excluding hydrogens is 204 g/mol. The summed E-state index contributed by atoms with van der Waals surface area (Å²) < 4.78 is 0. The standard InChI is InChI=1S/C12H24N2O2/c1-4-7-14-8-5-10(6-9-14)13-11(15)12(2,3)16/h10,16H,4-9H2,1-3H3,(H,13,15). The van der Waals surface area contributed by atoms with Crippen molar-refractivity contribution in [2.24, 2.45) is 0 Å². The number of nitrogens with one attached hydrogen (secondary N) is 1. The van der Waals surface area contributed by atoms with Crippen LogP contribution >= 0.6 is 0 Å². The van der Waals surface area contributed by atoms with E-state index in [1.807, 2.05) is 0 Å². The van der Waals surface area contributed by atoms with Gasteiger partial charge in [-0.05, 0) is 39.7 Å². The quantitative estimate of drug-likeness (QED) is 0.746. The number of likely N-dealkylation sites (tertiary alicyclic amines) is 1. The summed E-state index contributed by atoms with van der Waals surface area (Å²) in [5, 5.41) is 12.4. The first-order chi connectivity index (χ1) is 7.43. The van der Waals surface area contributed by atoms with E-state index in [9.17, 15) is 9.90 Å². The molecule has 0 unspecified atom stereocenters. The second kappa shape index (κ2) is 5.64. The lowest BCUT2D eigenvalue weighted by molar-refractivity contribution is -0.137. The van der Waals surface area contributed by atoms with Gasteiger partial charge in [0.05, 0.1) is 0 Å². The Labute approximate surface area is 98.0 Å². The normalized spacial score (nSPS) is 19.8. The van der Waals surface area contributed by atoms with E-state index in [1.54, 1.807) is 0 Å². The van der Waals surface area contributed by atoms with Crippen LogP contribution in [0.1, 0.15) is 40.0 Å². The van der Waals surface area contributed by atoms with Crippen molar-refractivity contribution in [3.05, 3.63) is 0 Å². The molecule has 1 rings (SSSR count). The Hall–Kier alpha value is -0.610. The van der Waals surface area contributed by atoms with Crippen molar-refractivity contribution in [3.63, 3.8) is 0 Å². The number of hydrogen-bond acceptors (Lipinski definition) is 3. The maximum absolute atomic E-state index is 11.6. The molecular formula is C12H24N2O2. The number of rotatable bonds is 4. The molecule has 0 aromatic heterocycles. The van der Waals surface area contributed by atoms with E-state index in [4.69, 9.17) is 0 Å². The molecule has 1 aliphatic heterocycles. The molecule has 0 atom stereocenters. The fraction of sp³-hybridized carbons (Fsp3) is 0.917. The summed E-state index contributed by atoms with van der Waals surface area (Å²) in [7, 11) is 0. The van der Waals surface area contributed by atoms with Gasteiger partial charge in [0.1, 0.15) is 5.60 Å². The molecule has 0 bridgehead atoms. The molecule has 1 amide bonds. The maximum Gasteiger partial charge on any atom is 0.251 e. The third kappa shape index (κ3) is 4.10. The van der Waals surface area contributed by atoms with E-state index in [2.05, 4.69) is 17.1 Å². The Morgan fingerprint density at radius 3 is 2.44 bits per heavy atom. The SMILES string of the molecule is CCCN1CCC(NC(=O)C(C)(C)O)CC1. The molecule has 0 radical (unpaired) electrons. The third-order valence-electron chi connectivity index (χ3n) is 3.02. The highest BCUT2D eigenvalue weighted by molar-refractivity contribution is 5.84. The largest absolute Gasteiger partial charge is 0.381 e. The lowest BCUT2D eigenvalue weighted by atomic mass is 10.0. The molecule has 0 saturated carbocycles. The summed E-state index contributed by atoms with van der Waals surface area (Å²) >= 11 is 0. The Balaban J connectivity index is 2.30. The second-order valence-electron chi connectivity index (χ2n) is 5.15. The summed E-state index contributed by atoms with van der Waals surface area (Å²) in [5.41, 5.74) is -1.26. The van der Waals surface area contributed by atoms with Crippen LogP contribution in [-0.2, 0) is 4.79 Å². The molecule has 1 heterocycles. The van der Waals surface area contributed by atoms with Crippen LogP contribution in [0.15, 0.2) is 0 Å². The minimum atomic E-state index is -1.26. The molecule has 0 spiro atoms. The molecule has 2 N–H and O–H groups in total. The van der Waals surface area contributed by atoms with Crippen molar-refractivity contribution in [2.45, 2.75) is 51.7 Å². The summed E-state index contributed by atoms with van der Waals surface area (Å²) in [5.74, 6) is -0.263. The average Bonchev–Trinajstić information content (AvgIpc) is 2.20. The van der Waals surface area contributed by atoms with Crippen LogP contribution < -0.4 is 5.32 Å². The van der Waals surface area contributed by atoms with Gasteiger partial charge in [0, 0.05) is 19.1 Å². The van der Waals surface area contributed by atoms with E-state index < -0.39 is 5.60 Å². The molecule has 1 fully saturated rings. The Morgan fingerprint density at radius 1 is 1.44 bits per heavy atom. The molecule has 0 aliphatic carbocycles. The first-order valence-electron chi connectivity index (χ1n) is 6.19. The maximum atomic E-state index is 11.6. The van der Waals surface area contributed by atoms with Crippen molar-refractivity contribution < 1.29 is 9.90 Å². The van der Waals surface area contributed by atoms with E-state index in [-0.39, 0.29) is 11.9 Å². The fourth-order valence-corrected chi connectivity index (χ4v) is 1.98. The van der Waals surface area contributed by atoms with Crippen molar-refractivity contribution in [1.29, 1.82) is 0 Å². The number of hydrogen-bond donors (Lipinski definition) is 2. The third-order valence-corrected chi connectivity index (χ3v) is 3.02. The second-order valence-corrected chi connectivity index (χ2v) is 5.15. The monoisotopic (exact) mass is 228 g/mol. The van der Waals surface area contributed by atoms with Gasteiger partial charge < -0.3 is 15.3 Å². The number of piperidine rings is 1. The van der Waals surface area contributed by atoms with Gasteiger partial charge in [0.15, 0.2) is 0 Å². The molecule has 1 saturated heterocycles. The van der Waals surface area contributed by atoms with Gasteiger partial charge in [-0.25, -0.2) is 0 Å². The smallest absolute Gasteiger partial charge is 0.251 e. The molecule has 16 heavy (non-hydrogen) atoms. The van der Waals surface area contributed by atoms with Gasteiger partial charge in [0.25, 0.3) is 5.91 Å². The Morgan fingerprint density at radius 2 is 2.00 bits per heavy atom. The highest BCUT2D eigenvalue weighted by atomic mass is 16.3. The highest BCUT2D eigenvalue weighted by Crippen LogP contribution is 2.12. The van der Waals surface area contributed by atoms with Crippen LogP contribution in [0.2, 0.25) is 0 Å². The van der Waals surface area contributed by atoms with Crippen LogP contribution in [0.3, 0.4) is 0 Å². The molecule has 94 valence electrons. The summed E-state index contributed by atoms with van der Waals surface area (Å²) in [6.45, 7) is 8.46. The first kappa shape index (κ1) is 13.5. The van der Waals surface area contributed by atoms with E-state index in [0.717, 1.165) is 32.5 Å². The predicted molar refractivity (Wildman–Crippen MR) is 64.2 cm³/mol. The number of amides is 1. The van der Waals surface area contributed by atoms with Crippen LogP contribution in [0.25, 0.3) is 0 Å². The van der Waals surface area contributed by atoms with Crippen LogP contribution in [0.4, 0.5) is 0 Å². The zero-order valence-corrected chi connectivity index (χ0v) is 10.6. The molecule has 0 aromatic carbocycles. The zero-order valence-electron chi connectivity index (χ0n) is 10.6. The molecule has 0 aromatic rings. The van der Waals surface area contributed by atoms with Crippen molar-refractivity contribution >= 4 is 5.91 Å². The van der Waals surface area contributed by atoms with Crippen LogP contribution in [0.5, 0.6) is 0 Å². The predicted octanol–water partition coefficient (Wildman–Crippen LogP) is 0.748. The lowest BCUT2D eigenvalue weighted by Crippen LogP contribution is -2.50. The minimum absolute atomic E-state index is 0.229. The van der Waals surface area contributed by atoms with E-state index in [0.29, 0.717) is 0 Å². The van der Waals surface area contributed by atoms with E-state index in [1.165, 1.54) is 20.3 Å². The molecule has 4 nitrogen and oxygen atoms in total. The van der Waals surface area contributed by atoms with Crippen molar-refractivity contribution in [1.82, 2.24) is 10.2 Å². The number of carbonyl (C=O) groups excluding carboxylic acids is 1. The highest BCUT2D eigenvalue weighted by Gasteiger charge is 2.27. The number of nitrogens with zero attached hydrogens (tertiary/aromatic N) is 1. The minimum Gasteiger partial charge on any atom is -0.381 e. The summed E-state index contributed by atoms with van der Waals surface area (Å²) in [6, 6.07) is 0.229. The molecule has 1 aliphatic rings. The van der Waals surface area contributed by atoms with Crippen molar-refractivity contribution in [2.75, 3.05) is 19.6 Å². The van der Waals surface area contributed by atoms with Gasteiger partial charge >= 0.3 is 0 Å². The van der Waals surface area contributed by atoms with Gasteiger partial charge in [0.2, 0.25) is 0 Å². The Kier molecular flexibility index (Phi) is 4.74. The van der Waals surface area contributed by atoms with E-state index >= 15 is 0 Å². The molecule has 4 heteroatoms. The van der Waals surface area contributed by atoms with Gasteiger partial charge in [-0.1, -0.05) is 6.92 Å². The van der Waals surface area contributed by atoms with Gasteiger partial charge in [-0.3, -0.25) is 4.79 Å². The average molecular weight is 228 g/mol. The lowest BCUT2D eigenvalue weighted by Gasteiger charge is -2.33. The Bertz CT molecular complexity index is 228. The van der Waals surface area contributed by atoms with Gasteiger partial charge in [-0.15, -0.1) is 0 Å². The van der Waals surface area contributed by atoms with Crippen LogP contribution in [0, 0.1) is 0 Å². The number of aliphatic hydroxyl groups is 1. The zero-order chi connectivity index (χ0) is 12.2. The number of carbonyl (C=O) groups is 1. The summed E-state index contributed by atoms with van der Waals surface area (Å²) in [4.78, 5) is 14.0. The fourth-order valence-electron chi connectivity index (χ4n) is 1.98. The topological polar surface area (TPSA) is 52.6 Å². The van der Waals surface area contributed by atoms with Crippen LogP contribution in [-0.4, -0.2) is 47.2 Å². The first-order valence-corrected chi connectivity index (χ1v) is 6.19. The van der Waals surface area contributed by atoms with Gasteiger partial charge in [-0.2, -0.15) is 0 Å².